The summed E-state index contributed by atoms with van der Waals surface area (Å²) in [5, 5.41) is 0.459. The maximum Gasteiger partial charge on any atom is 0.253 e. The van der Waals surface area contributed by atoms with Crippen LogP contribution in [0.25, 0.3) is 0 Å². The largest absolute Gasteiger partial charge is 0.489 e. The first kappa shape index (κ1) is 22.5. The van der Waals surface area contributed by atoms with Crippen LogP contribution < -0.4 is 4.74 Å². The summed E-state index contributed by atoms with van der Waals surface area (Å²) in [6, 6.07) is 9.46. The Labute approximate surface area is 200 Å². The molecule has 0 bridgehead atoms. The second-order valence-corrected chi connectivity index (χ2v) is 10.4. The molecule has 1 saturated heterocycles. The summed E-state index contributed by atoms with van der Waals surface area (Å²) in [5.74, 6) is 1.13. The molecule has 1 spiro atoms. The molecular formula is C26H32ClN3O3. The Balaban J connectivity index is 1.33. The molecule has 6 nitrogen and oxygen atoms in total. The molecule has 0 unspecified atom stereocenters. The van der Waals surface area contributed by atoms with Gasteiger partial charge in [-0.3, -0.25) is 14.5 Å². The summed E-state index contributed by atoms with van der Waals surface area (Å²) in [5.41, 5.74) is 2.55. The summed E-state index contributed by atoms with van der Waals surface area (Å²) in [6.45, 7) is 6.99. The highest BCUT2D eigenvalue weighted by atomic mass is 35.5. The number of aromatic nitrogens is 1. The van der Waals surface area contributed by atoms with E-state index in [-0.39, 0.29) is 23.5 Å². The number of carbonyl (C=O) groups excluding carboxylic acids is 2. The molecule has 2 aliphatic heterocycles. The first-order valence-electron chi connectivity index (χ1n) is 12.0. The van der Waals surface area contributed by atoms with Crippen molar-refractivity contribution >= 4 is 23.3 Å². The number of nitrogens with zero attached hydrogens (tertiary/aromatic N) is 3. The number of ether oxygens (including phenoxy) is 1. The standard InChI is InChI=1S/C26H32ClN3O3/c1-17(2)33-22-8-6-19(16-20(22)27)25(32)29-12-10-26(11-13-29)23-9-7-21(24(31)18-4-5-18)30(23)15-14-28(26)3/h6-9,16-18H,4-5,10-15H2,1-3H3. The normalized spacial score (nSPS) is 20.2. The SMILES string of the molecule is CC(C)Oc1ccc(C(=O)N2CCC3(CC2)c2ccc(C(=O)C4CC4)n2CCN3C)cc1Cl. The van der Waals surface area contributed by atoms with E-state index in [0.717, 1.165) is 44.5 Å². The fraction of sp³-hybridized carbons (Fsp3) is 0.538. The molecule has 7 heteroatoms. The number of likely N-dealkylation sites (N-methyl/N-ethyl adjacent to an activating group) is 1. The van der Waals surface area contributed by atoms with Crippen molar-refractivity contribution in [3.63, 3.8) is 0 Å². The Morgan fingerprint density at radius 2 is 1.79 bits per heavy atom. The first-order chi connectivity index (χ1) is 15.8. The highest BCUT2D eigenvalue weighted by molar-refractivity contribution is 6.32. The van der Waals surface area contributed by atoms with Gasteiger partial charge in [-0.15, -0.1) is 0 Å². The summed E-state index contributed by atoms with van der Waals surface area (Å²) >= 11 is 6.37. The van der Waals surface area contributed by atoms with Crippen molar-refractivity contribution in [1.29, 1.82) is 0 Å². The lowest BCUT2D eigenvalue weighted by Gasteiger charge is -2.50. The number of ketones is 1. The van der Waals surface area contributed by atoms with E-state index in [1.165, 1.54) is 5.69 Å². The van der Waals surface area contributed by atoms with Gasteiger partial charge >= 0.3 is 0 Å². The lowest BCUT2D eigenvalue weighted by Crippen LogP contribution is -2.56. The minimum atomic E-state index is -0.135. The van der Waals surface area contributed by atoms with Crippen LogP contribution in [-0.4, -0.2) is 58.8 Å². The van der Waals surface area contributed by atoms with Crippen molar-refractivity contribution < 1.29 is 14.3 Å². The Hall–Kier alpha value is -2.31. The first-order valence-corrected chi connectivity index (χ1v) is 12.4. The fourth-order valence-corrected chi connectivity index (χ4v) is 5.65. The molecule has 2 fully saturated rings. The Morgan fingerprint density at radius 3 is 2.42 bits per heavy atom. The zero-order chi connectivity index (χ0) is 23.3. The van der Waals surface area contributed by atoms with Crippen molar-refractivity contribution in [1.82, 2.24) is 14.4 Å². The molecule has 33 heavy (non-hydrogen) atoms. The van der Waals surface area contributed by atoms with Gasteiger partial charge in [-0.05, 0) is 76.9 Å². The molecule has 176 valence electrons. The predicted molar refractivity (Wildman–Crippen MR) is 128 cm³/mol. The van der Waals surface area contributed by atoms with Crippen molar-refractivity contribution in [2.24, 2.45) is 5.92 Å². The van der Waals surface area contributed by atoms with Crippen LogP contribution in [0.15, 0.2) is 30.3 Å². The van der Waals surface area contributed by atoms with Gasteiger partial charge < -0.3 is 14.2 Å². The van der Waals surface area contributed by atoms with Crippen LogP contribution in [0.5, 0.6) is 5.75 Å². The van der Waals surface area contributed by atoms with Crippen LogP contribution >= 0.6 is 11.6 Å². The predicted octanol–water partition coefficient (Wildman–Crippen LogP) is 4.60. The smallest absolute Gasteiger partial charge is 0.253 e. The fourth-order valence-electron chi connectivity index (χ4n) is 5.43. The van der Waals surface area contributed by atoms with Gasteiger partial charge in [0.25, 0.3) is 5.91 Å². The third-order valence-corrected chi connectivity index (χ3v) is 7.76. The number of carbonyl (C=O) groups is 2. The second-order valence-electron chi connectivity index (χ2n) is 9.95. The Kier molecular flexibility index (Phi) is 5.78. The Bertz CT molecular complexity index is 1080. The van der Waals surface area contributed by atoms with E-state index in [2.05, 4.69) is 22.6 Å². The van der Waals surface area contributed by atoms with Crippen LogP contribution in [0.3, 0.4) is 0 Å². The molecule has 5 rings (SSSR count). The van der Waals surface area contributed by atoms with E-state index in [1.807, 2.05) is 24.8 Å². The van der Waals surface area contributed by atoms with Gasteiger partial charge in [-0.2, -0.15) is 0 Å². The van der Waals surface area contributed by atoms with Crippen LogP contribution in [-0.2, 0) is 12.1 Å². The topological polar surface area (TPSA) is 54.8 Å². The maximum absolute atomic E-state index is 13.2. The van der Waals surface area contributed by atoms with Gasteiger partial charge in [0.2, 0.25) is 0 Å². The summed E-state index contributed by atoms with van der Waals surface area (Å²) in [4.78, 5) is 30.4. The highest BCUT2D eigenvalue weighted by Crippen LogP contribution is 2.43. The van der Waals surface area contributed by atoms with Gasteiger partial charge in [-0.25, -0.2) is 0 Å². The van der Waals surface area contributed by atoms with Crippen LogP contribution in [0.4, 0.5) is 0 Å². The molecule has 1 aromatic carbocycles. The number of halogens is 1. The molecule has 2 aromatic rings. The number of piperidine rings is 1. The molecule has 1 amide bonds. The van der Waals surface area contributed by atoms with E-state index >= 15 is 0 Å². The van der Waals surface area contributed by atoms with Crippen LogP contribution in [0.1, 0.15) is 66.1 Å². The van der Waals surface area contributed by atoms with Gasteiger partial charge in [0, 0.05) is 43.4 Å². The monoisotopic (exact) mass is 469 g/mol. The molecule has 3 heterocycles. The maximum atomic E-state index is 13.2. The number of Topliss-reactive ketones (excluding diaryl/α,β-unsaturated/α-hetero) is 1. The summed E-state index contributed by atoms with van der Waals surface area (Å²) < 4.78 is 7.95. The third-order valence-electron chi connectivity index (χ3n) is 7.47. The Morgan fingerprint density at radius 1 is 1.06 bits per heavy atom. The summed E-state index contributed by atoms with van der Waals surface area (Å²) in [6.07, 6.45) is 3.76. The zero-order valence-electron chi connectivity index (χ0n) is 19.6. The molecular weight excluding hydrogens is 438 g/mol. The van der Waals surface area contributed by atoms with Crippen molar-refractivity contribution in [2.75, 3.05) is 26.7 Å². The minimum Gasteiger partial charge on any atom is -0.489 e. The van der Waals surface area contributed by atoms with Crippen molar-refractivity contribution in [2.45, 2.75) is 57.7 Å². The number of rotatable bonds is 5. The van der Waals surface area contributed by atoms with Crippen molar-refractivity contribution in [3.8, 4) is 5.75 Å². The van der Waals surface area contributed by atoms with Gasteiger partial charge in [0.05, 0.1) is 22.4 Å². The van der Waals surface area contributed by atoms with Crippen LogP contribution in [0, 0.1) is 5.92 Å². The van der Waals surface area contributed by atoms with Gasteiger partial charge in [-0.1, -0.05) is 11.6 Å². The average molecular weight is 470 g/mol. The average Bonchev–Trinajstić information content (AvgIpc) is 3.56. The van der Waals surface area contributed by atoms with E-state index in [4.69, 9.17) is 16.3 Å². The van der Waals surface area contributed by atoms with Crippen LogP contribution in [0.2, 0.25) is 5.02 Å². The van der Waals surface area contributed by atoms with Gasteiger partial charge in [0.15, 0.2) is 5.78 Å². The number of fused-ring (bicyclic) bond motifs is 2. The number of benzene rings is 1. The number of hydrogen-bond acceptors (Lipinski definition) is 4. The zero-order valence-corrected chi connectivity index (χ0v) is 20.4. The quantitative estimate of drug-likeness (QED) is 0.600. The lowest BCUT2D eigenvalue weighted by molar-refractivity contribution is 0.0127. The summed E-state index contributed by atoms with van der Waals surface area (Å²) in [7, 11) is 2.17. The molecule has 1 aromatic heterocycles. The number of likely N-dealkylation sites (tertiary alicyclic amines) is 1. The van der Waals surface area contributed by atoms with E-state index in [1.54, 1.807) is 18.2 Å². The molecule has 0 N–H and O–H groups in total. The molecule has 0 radical (unpaired) electrons. The van der Waals surface area contributed by atoms with E-state index in [9.17, 15) is 9.59 Å². The lowest BCUT2D eigenvalue weighted by atomic mass is 9.81. The molecule has 1 aliphatic carbocycles. The van der Waals surface area contributed by atoms with Gasteiger partial charge in [0.1, 0.15) is 5.75 Å². The number of amides is 1. The van der Waals surface area contributed by atoms with E-state index in [0.29, 0.717) is 35.2 Å². The third kappa shape index (κ3) is 3.97. The van der Waals surface area contributed by atoms with Crippen molar-refractivity contribution in [3.05, 3.63) is 52.3 Å². The second kappa shape index (κ2) is 8.48. The minimum absolute atomic E-state index is 0.00120. The molecule has 0 atom stereocenters. The van der Waals surface area contributed by atoms with E-state index < -0.39 is 0 Å². The highest BCUT2D eigenvalue weighted by Gasteiger charge is 2.46. The number of hydrogen-bond donors (Lipinski definition) is 0. The molecule has 1 saturated carbocycles. The molecule has 3 aliphatic rings.